The zero-order valence-corrected chi connectivity index (χ0v) is 14.8. The van der Waals surface area contributed by atoms with Crippen LogP contribution in [-0.4, -0.2) is 46.5 Å². The lowest BCUT2D eigenvalue weighted by Crippen LogP contribution is -2.40. The summed E-state index contributed by atoms with van der Waals surface area (Å²) in [5.74, 6) is -0.469. The van der Waals surface area contributed by atoms with Crippen molar-refractivity contribution in [2.24, 2.45) is 0 Å². The molecule has 0 aliphatic heterocycles. The molecule has 2 rings (SSSR count). The number of likely N-dealkylation sites (N-methyl/N-ethyl adjacent to an activating group) is 1. The minimum absolute atomic E-state index is 0.00362. The lowest BCUT2D eigenvalue weighted by atomic mass is 10.1. The largest absolute Gasteiger partial charge is 0.352 e. The smallest absolute Gasteiger partial charge is 0.272 e. The number of aromatic nitrogens is 2. The molecule has 1 heterocycles. The predicted octanol–water partition coefficient (Wildman–Crippen LogP) is 2.44. The zero-order chi connectivity index (χ0) is 17.0. The van der Waals surface area contributed by atoms with Crippen LogP contribution in [0.1, 0.15) is 24.3 Å². The van der Waals surface area contributed by atoms with Crippen molar-refractivity contribution in [3.63, 3.8) is 0 Å². The van der Waals surface area contributed by atoms with E-state index in [0.29, 0.717) is 11.4 Å². The molecular formula is C16H19BrN4O2. The number of H-pyrrole nitrogens is 1. The number of halogens is 1. The Labute approximate surface area is 143 Å². The van der Waals surface area contributed by atoms with Crippen LogP contribution in [0.4, 0.5) is 0 Å². The number of amides is 2. The standard InChI is InChI=1S/C16H19BrN4O2/c1-10(2)18-15(22)9-21(3)16(23)14-8-13(19-20-14)11-4-6-12(17)7-5-11/h4-8,10H,9H2,1-3H3,(H,18,22)(H,19,20). The molecule has 0 aliphatic carbocycles. The van der Waals surface area contributed by atoms with E-state index in [2.05, 4.69) is 31.4 Å². The van der Waals surface area contributed by atoms with Gasteiger partial charge in [-0.05, 0) is 32.0 Å². The fourth-order valence-corrected chi connectivity index (χ4v) is 2.32. The van der Waals surface area contributed by atoms with Crippen molar-refractivity contribution < 1.29 is 9.59 Å². The second kappa shape index (κ2) is 7.41. The van der Waals surface area contributed by atoms with Crippen molar-refractivity contribution in [3.05, 3.63) is 40.5 Å². The van der Waals surface area contributed by atoms with Crippen LogP contribution in [-0.2, 0) is 4.79 Å². The lowest BCUT2D eigenvalue weighted by Gasteiger charge is -2.16. The van der Waals surface area contributed by atoms with E-state index in [-0.39, 0.29) is 24.4 Å². The van der Waals surface area contributed by atoms with Crippen LogP contribution in [0.15, 0.2) is 34.8 Å². The average Bonchev–Trinajstić information content (AvgIpc) is 2.95. The molecule has 1 aromatic carbocycles. The number of carbonyl (C=O) groups is 2. The Kier molecular flexibility index (Phi) is 5.54. The summed E-state index contributed by atoms with van der Waals surface area (Å²) in [6.07, 6.45) is 0. The third-order valence-corrected chi connectivity index (χ3v) is 3.65. The maximum Gasteiger partial charge on any atom is 0.272 e. The quantitative estimate of drug-likeness (QED) is 0.838. The molecule has 0 unspecified atom stereocenters. The summed E-state index contributed by atoms with van der Waals surface area (Å²) < 4.78 is 0.976. The summed E-state index contributed by atoms with van der Waals surface area (Å²) in [6.45, 7) is 3.75. The molecule has 0 fully saturated rings. The van der Waals surface area contributed by atoms with Crippen molar-refractivity contribution in [2.75, 3.05) is 13.6 Å². The van der Waals surface area contributed by atoms with Crippen LogP contribution >= 0.6 is 15.9 Å². The van der Waals surface area contributed by atoms with Crippen molar-refractivity contribution in [3.8, 4) is 11.3 Å². The van der Waals surface area contributed by atoms with Gasteiger partial charge in [0.05, 0.1) is 12.2 Å². The summed E-state index contributed by atoms with van der Waals surface area (Å²) in [5.41, 5.74) is 1.94. The van der Waals surface area contributed by atoms with Crippen LogP contribution < -0.4 is 5.32 Å². The van der Waals surface area contributed by atoms with E-state index >= 15 is 0 Å². The van der Waals surface area contributed by atoms with Crippen LogP contribution in [0.25, 0.3) is 11.3 Å². The minimum atomic E-state index is -0.278. The first-order valence-electron chi connectivity index (χ1n) is 7.23. The summed E-state index contributed by atoms with van der Waals surface area (Å²) >= 11 is 3.38. The molecule has 0 saturated carbocycles. The number of rotatable bonds is 5. The van der Waals surface area contributed by atoms with E-state index in [1.807, 2.05) is 38.1 Å². The number of nitrogens with zero attached hydrogens (tertiary/aromatic N) is 2. The maximum atomic E-state index is 12.3. The molecule has 1 aromatic heterocycles. The van der Waals surface area contributed by atoms with Crippen LogP contribution in [0, 0.1) is 0 Å². The maximum absolute atomic E-state index is 12.3. The SMILES string of the molecule is CC(C)NC(=O)CN(C)C(=O)c1cc(-c2ccc(Br)cc2)n[nH]1. The molecule has 0 bridgehead atoms. The van der Waals surface area contributed by atoms with Crippen molar-refractivity contribution in [1.82, 2.24) is 20.4 Å². The molecular weight excluding hydrogens is 360 g/mol. The van der Waals surface area contributed by atoms with Gasteiger partial charge in [0, 0.05) is 23.1 Å². The first kappa shape index (κ1) is 17.2. The Balaban J connectivity index is 2.06. The van der Waals surface area contributed by atoms with Gasteiger partial charge >= 0.3 is 0 Å². The zero-order valence-electron chi connectivity index (χ0n) is 13.3. The van der Waals surface area contributed by atoms with Crippen LogP contribution in [0.2, 0.25) is 0 Å². The van der Waals surface area contributed by atoms with Gasteiger partial charge in [0.25, 0.3) is 5.91 Å². The van der Waals surface area contributed by atoms with Gasteiger partial charge in [-0.1, -0.05) is 28.1 Å². The first-order chi connectivity index (χ1) is 10.9. The molecule has 6 nitrogen and oxygen atoms in total. The van der Waals surface area contributed by atoms with Gasteiger partial charge in [-0.15, -0.1) is 0 Å². The number of benzene rings is 1. The van der Waals surface area contributed by atoms with Gasteiger partial charge in [0.1, 0.15) is 5.69 Å². The van der Waals surface area contributed by atoms with Gasteiger partial charge in [-0.25, -0.2) is 0 Å². The van der Waals surface area contributed by atoms with Crippen LogP contribution in [0.3, 0.4) is 0 Å². The number of nitrogens with one attached hydrogen (secondary N) is 2. The minimum Gasteiger partial charge on any atom is -0.352 e. The molecule has 7 heteroatoms. The molecule has 0 radical (unpaired) electrons. The second-order valence-corrected chi connectivity index (χ2v) is 6.47. The highest BCUT2D eigenvalue weighted by Crippen LogP contribution is 2.20. The summed E-state index contributed by atoms with van der Waals surface area (Å²) in [4.78, 5) is 25.4. The molecule has 0 atom stereocenters. The molecule has 2 aromatic rings. The highest BCUT2D eigenvalue weighted by atomic mass is 79.9. The monoisotopic (exact) mass is 378 g/mol. The van der Waals surface area contributed by atoms with Crippen molar-refractivity contribution >= 4 is 27.7 Å². The average molecular weight is 379 g/mol. The molecule has 2 N–H and O–H groups in total. The van der Waals surface area contributed by atoms with Crippen molar-refractivity contribution in [1.29, 1.82) is 0 Å². The molecule has 122 valence electrons. The third-order valence-electron chi connectivity index (χ3n) is 3.13. The normalized spacial score (nSPS) is 10.7. The second-order valence-electron chi connectivity index (χ2n) is 5.56. The van der Waals surface area contributed by atoms with Crippen molar-refractivity contribution in [2.45, 2.75) is 19.9 Å². The topological polar surface area (TPSA) is 78.1 Å². The Bertz CT molecular complexity index is 694. The predicted molar refractivity (Wildman–Crippen MR) is 92.0 cm³/mol. The van der Waals surface area contributed by atoms with Gasteiger partial charge < -0.3 is 10.2 Å². The van der Waals surface area contributed by atoms with Crippen LogP contribution in [0.5, 0.6) is 0 Å². The summed E-state index contributed by atoms with van der Waals surface area (Å²) in [6, 6.07) is 9.37. The molecule has 0 aliphatic rings. The Morgan fingerprint density at radius 2 is 1.96 bits per heavy atom. The highest BCUT2D eigenvalue weighted by molar-refractivity contribution is 9.10. The van der Waals surface area contributed by atoms with Gasteiger partial charge in [0.2, 0.25) is 5.91 Å². The van der Waals surface area contributed by atoms with Gasteiger partial charge in [-0.2, -0.15) is 5.10 Å². The Hall–Kier alpha value is -2.15. The van der Waals surface area contributed by atoms with E-state index in [0.717, 1.165) is 10.0 Å². The van der Waals surface area contributed by atoms with E-state index in [4.69, 9.17) is 0 Å². The Morgan fingerprint density at radius 3 is 2.57 bits per heavy atom. The van der Waals surface area contributed by atoms with E-state index in [9.17, 15) is 9.59 Å². The fraction of sp³-hybridized carbons (Fsp3) is 0.312. The number of carbonyl (C=O) groups excluding carboxylic acids is 2. The van der Waals surface area contributed by atoms with E-state index in [1.54, 1.807) is 13.1 Å². The molecule has 2 amide bonds. The molecule has 0 saturated heterocycles. The fourth-order valence-electron chi connectivity index (χ4n) is 2.06. The summed E-state index contributed by atoms with van der Waals surface area (Å²) in [7, 11) is 1.59. The van der Waals surface area contributed by atoms with E-state index < -0.39 is 0 Å². The summed E-state index contributed by atoms with van der Waals surface area (Å²) in [5, 5.41) is 9.64. The van der Waals surface area contributed by atoms with Gasteiger partial charge in [-0.3, -0.25) is 14.7 Å². The van der Waals surface area contributed by atoms with E-state index in [1.165, 1.54) is 4.90 Å². The first-order valence-corrected chi connectivity index (χ1v) is 8.02. The number of hydrogen-bond donors (Lipinski definition) is 2. The number of hydrogen-bond acceptors (Lipinski definition) is 3. The highest BCUT2D eigenvalue weighted by Gasteiger charge is 2.18. The van der Waals surface area contributed by atoms with Gasteiger partial charge in [0.15, 0.2) is 0 Å². The Morgan fingerprint density at radius 1 is 1.30 bits per heavy atom. The molecule has 23 heavy (non-hydrogen) atoms. The lowest BCUT2D eigenvalue weighted by molar-refractivity contribution is -0.122. The number of aromatic amines is 1. The molecule has 0 spiro atoms. The third kappa shape index (κ3) is 4.66.